The monoisotopic (exact) mass is 286 g/mol. The number of aromatic nitrogens is 2. The van der Waals surface area contributed by atoms with E-state index in [1.165, 1.54) is 22.8 Å². The van der Waals surface area contributed by atoms with E-state index in [2.05, 4.69) is 10.00 Å². The van der Waals surface area contributed by atoms with Gasteiger partial charge < -0.3 is 5.11 Å². The first-order valence-corrected chi connectivity index (χ1v) is 7.34. The molecule has 1 aliphatic heterocycles. The largest absolute Gasteiger partial charge is 0.390 e. The maximum Gasteiger partial charge on any atom is 0.306 e. The lowest BCUT2D eigenvalue weighted by Gasteiger charge is -2.25. The topological polar surface area (TPSA) is 84.4 Å². The van der Waals surface area contributed by atoms with Gasteiger partial charge in [-0.15, -0.1) is 0 Å². The van der Waals surface area contributed by atoms with Gasteiger partial charge in [-0.3, -0.25) is 19.7 Å². The first kappa shape index (κ1) is 14.3. The van der Waals surface area contributed by atoms with Gasteiger partial charge in [0.1, 0.15) is 12.4 Å². The average Bonchev–Trinajstić information content (AvgIpc) is 2.98. The van der Waals surface area contributed by atoms with Crippen molar-refractivity contribution in [3.8, 4) is 0 Å². The number of hydrogen-bond donors (Lipinski definition) is 1. The number of thioether (sulfide) groups is 1. The van der Waals surface area contributed by atoms with Crippen LogP contribution in [0.15, 0.2) is 12.4 Å². The van der Waals surface area contributed by atoms with Gasteiger partial charge in [-0.1, -0.05) is 0 Å². The molecule has 1 N–H and O–H groups in total. The summed E-state index contributed by atoms with van der Waals surface area (Å²) < 4.78 is 1.42. The van der Waals surface area contributed by atoms with E-state index >= 15 is 0 Å². The fourth-order valence-corrected chi connectivity index (χ4v) is 3.47. The summed E-state index contributed by atoms with van der Waals surface area (Å²) in [5.74, 6) is 2.28. The van der Waals surface area contributed by atoms with Crippen LogP contribution in [-0.2, 0) is 6.54 Å². The lowest BCUT2D eigenvalue weighted by Crippen LogP contribution is -2.39. The third-order valence-corrected chi connectivity index (χ3v) is 4.40. The number of nitro groups is 1. The van der Waals surface area contributed by atoms with E-state index in [1.54, 1.807) is 0 Å². The Morgan fingerprint density at radius 1 is 1.79 bits per heavy atom. The summed E-state index contributed by atoms with van der Waals surface area (Å²) in [6.07, 6.45) is 3.12. The molecule has 19 heavy (non-hydrogen) atoms. The van der Waals surface area contributed by atoms with E-state index in [4.69, 9.17) is 0 Å². The molecule has 0 amide bonds. The zero-order valence-electron chi connectivity index (χ0n) is 10.8. The molecule has 1 fully saturated rings. The summed E-state index contributed by atoms with van der Waals surface area (Å²) in [6, 6.07) is 0.520. The van der Waals surface area contributed by atoms with Crippen LogP contribution in [0, 0.1) is 10.1 Å². The fraction of sp³-hybridized carbons (Fsp3) is 0.727. The van der Waals surface area contributed by atoms with Gasteiger partial charge in [-0.2, -0.15) is 16.9 Å². The molecule has 2 heterocycles. The van der Waals surface area contributed by atoms with Gasteiger partial charge in [-0.25, -0.2) is 0 Å². The van der Waals surface area contributed by atoms with Crippen molar-refractivity contribution in [1.29, 1.82) is 0 Å². The first-order valence-electron chi connectivity index (χ1n) is 6.19. The highest BCUT2D eigenvalue weighted by molar-refractivity contribution is 7.99. The van der Waals surface area contributed by atoms with E-state index in [9.17, 15) is 15.2 Å². The molecule has 0 saturated carbocycles. The number of aliphatic hydroxyl groups excluding tert-OH is 1. The van der Waals surface area contributed by atoms with E-state index in [0.29, 0.717) is 12.6 Å². The molecule has 1 aromatic heterocycles. The average molecular weight is 286 g/mol. The minimum absolute atomic E-state index is 0.0484. The third kappa shape index (κ3) is 3.92. The Morgan fingerprint density at radius 3 is 3.16 bits per heavy atom. The van der Waals surface area contributed by atoms with Crippen molar-refractivity contribution < 1.29 is 10.0 Å². The van der Waals surface area contributed by atoms with Crippen molar-refractivity contribution in [3.63, 3.8) is 0 Å². The van der Waals surface area contributed by atoms with Crippen molar-refractivity contribution >= 4 is 17.4 Å². The zero-order valence-corrected chi connectivity index (χ0v) is 11.6. The second-order valence-electron chi connectivity index (χ2n) is 4.79. The standard InChI is InChI=1S/C11H18N4O3S/c1-13(9-2-3-19-8-9)6-11(16)7-14-5-10(4-12-14)15(17)18/h4-5,9,11,16H,2-3,6-8H2,1H3. The predicted octanol–water partition coefficient (Wildman–Crippen LogP) is 0.589. The van der Waals surface area contributed by atoms with Crippen LogP contribution in [0.1, 0.15) is 6.42 Å². The minimum atomic E-state index is -0.574. The van der Waals surface area contributed by atoms with Crippen LogP contribution in [-0.4, -0.2) is 62.0 Å². The molecule has 2 unspecified atom stereocenters. The molecule has 106 valence electrons. The molecular formula is C11H18N4O3S. The summed E-state index contributed by atoms with van der Waals surface area (Å²) in [6.45, 7) is 0.830. The van der Waals surface area contributed by atoms with Gasteiger partial charge >= 0.3 is 5.69 Å². The van der Waals surface area contributed by atoms with Gasteiger partial charge in [0.05, 0.1) is 17.6 Å². The Labute approximate surface area is 115 Å². The van der Waals surface area contributed by atoms with E-state index < -0.39 is 11.0 Å². The van der Waals surface area contributed by atoms with Crippen LogP contribution < -0.4 is 0 Å². The maximum atomic E-state index is 10.5. The van der Waals surface area contributed by atoms with Gasteiger partial charge in [0.15, 0.2) is 0 Å². The van der Waals surface area contributed by atoms with Crippen molar-refractivity contribution in [1.82, 2.24) is 14.7 Å². The quantitative estimate of drug-likeness (QED) is 0.608. The van der Waals surface area contributed by atoms with Gasteiger partial charge in [-0.05, 0) is 19.2 Å². The van der Waals surface area contributed by atoms with Crippen LogP contribution in [0.4, 0.5) is 5.69 Å². The Hall–Kier alpha value is -1.12. The van der Waals surface area contributed by atoms with Gasteiger partial charge in [0.2, 0.25) is 0 Å². The second kappa shape index (κ2) is 6.36. The van der Waals surface area contributed by atoms with Crippen molar-refractivity contribution in [2.45, 2.75) is 25.1 Å². The number of likely N-dealkylation sites (N-methyl/N-ethyl adjacent to an activating group) is 1. The lowest BCUT2D eigenvalue weighted by molar-refractivity contribution is -0.385. The molecule has 1 aromatic rings. The van der Waals surface area contributed by atoms with E-state index in [1.807, 2.05) is 18.8 Å². The summed E-state index contributed by atoms with van der Waals surface area (Å²) in [4.78, 5) is 12.2. The molecule has 2 rings (SSSR count). The van der Waals surface area contributed by atoms with Gasteiger partial charge in [0, 0.05) is 18.3 Å². The molecular weight excluding hydrogens is 268 g/mol. The van der Waals surface area contributed by atoms with E-state index in [0.717, 1.165) is 12.2 Å². The Morgan fingerprint density at radius 2 is 2.58 bits per heavy atom. The molecule has 7 nitrogen and oxygen atoms in total. The van der Waals surface area contributed by atoms with Crippen LogP contribution >= 0.6 is 11.8 Å². The third-order valence-electron chi connectivity index (χ3n) is 3.26. The fourth-order valence-electron chi connectivity index (χ4n) is 2.17. The summed E-state index contributed by atoms with van der Waals surface area (Å²) in [5.41, 5.74) is -0.0484. The molecule has 1 aliphatic rings. The Bertz CT molecular complexity index is 433. The van der Waals surface area contributed by atoms with Crippen LogP contribution in [0.2, 0.25) is 0 Å². The molecule has 0 aliphatic carbocycles. The molecule has 0 spiro atoms. The summed E-state index contributed by atoms with van der Waals surface area (Å²) in [7, 11) is 2.01. The normalized spacial score (nSPS) is 20.9. The molecule has 0 aromatic carbocycles. The smallest absolute Gasteiger partial charge is 0.306 e. The minimum Gasteiger partial charge on any atom is -0.390 e. The lowest BCUT2D eigenvalue weighted by atomic mass is 10.2. The highest BCUT2D eigenvalue weighted by Crippen LogP contribution is 2.21. The SMILES string of the molecule is CN(CC(O)Cn1cc([N+](=O)[O-])cn1)C1CCSC1. The van der Waals surface area contributed by atoms with Crippen LogP contribution in [0.25, 0.3) is 0 Å². The van der Waals surface area contributed by atoms with Crippen molar-refractivity contribution in [3.05, 3.63) is 22.5 Å². The predicted molar refractivity (Wildman–Crippen MR) is 73.2 cm³/mol. The maximum absolute atomic E-state index is 10.5. The number of aliphatic hydroxyl groups is 1. The van der Waals surface area contributed by atoms with Crippen LogP contribution in [0.5, 0.6) is 0 Å². The molecule has 2 atom stereocenters. The molecule has 0 bridgehead atoms. The number of hydrogen-bond acceptors (Lipinski definition) is 6. The summed E-state index contributed by atoms with van der Waals surface area (Å²) >= 11 is 1.93. The van der Waals surface area contributed by atoms with Crippen molar-refractivity contribution in [2.75, 3.05) is 25.1 Å². The highest BCUT2D eigenvalue weighted by atomic mass is 32.2. The number of rotatable bonds is 6. The zero-order chi connectivity index (χ0) is 13.8. The van der Waals surface area contributed by atoms with Gasteiger partial charge in [0.25, 0.3) is 0 Å². The van der Waals surface area contributed by atoms with E-state index in [-0.39, 0.29) is 12.2 Å². The molecule has 1 saturated heterocycles. The number of nitrogens with zero attached hydrogens (tertiary/aromatic N) is 4. The first-order chi connectivity index (χ1) is 9.06. The highest BCUT2D eigenvalue weighted by Gasteiger charge is 2.22. The second-order valence-corrected chi connectivity index (χ2v) is 5.94. The summed E-state index contributed by atoms with van der Waals surface area (Å²) in [5, 5.41) is 24.4. The van der Waals surface area contributed by atoms with Crippen molar-refractivity contribution in [2.24, 2.45) is 0 Å². The molecule has 0 radical (unpaired) electrons. The van der Waals surface area contributed by atoms with Crippen LogP contribution in [0.3, 0.4) is 0 Å². The molecule has 8 heteroatoms. The Balaban J connectivity index is 1.82. The Kier molecular flexibility index (Phi) is 4.78.